The van der Waals surface area contributed by atoms with Crippen LogP contribution in [-0.4, -0.2) is 6.04 Å². The molecular formula is C13H17BrN2S2. The second-order valence-corrected chi connectivity index (χ2v) is 7.21. The van der Waals surface area contributed by atoms with Crippen molar-refractivity contribution in [3.05, 3.63) is 43.2 Å². The molecule has 0 radical (unpaired) electrons. The van der Waals surface area contributed by atoms with Crippen molar-refractivity contribution in [2.75, 3.05) is 0 Å². The first kappa shape index (κ1) is 14.2. The Hall–Kier alpha value is -0.200. The topological polar surface area (TPSA) is 38.0 Å². The van der Waals surface area contributed by atoms with Crippen LogP contribution in [0.15, 0.2) is 33.4 Å². The van der Waals surface area contributed by atoms with Crippen LogP contribution < -0.4 is 11.3 Å². The third kappa shape index (κ3) is 4.48. The van der Waals surface area contributed by atoms with Crippen molar-refractivity contribution in [1.82, 2.24) is 5.43 Å². The zero-order valence-electron chi connectivity index (χ0n) is 10.1. The lowest BCUT2D eigenvalue weighted by Crippen LogP contribution is -2.36. The number of nitrogens with two attached hydrogens (primary N) is 1. The van der Waals surface area contributed by atoms with Gasteiger partial charge in [-0.25, -0.2) is 0 Å². The predicted octanol–water partition coefficient (Wildman–Crippen LogP) is 3.97. The molecule has 0 spiro atoms. The second-order valence-electron chi connectivity index (χ2n) is 4.27. The molecule has 0 aliphatic carbocycles. The van der Waals surface area contributed by atoms with E-state index in [1.807, 2.05) is 11.3 Å². The Morgan fingerprint density at radius 3 is 2.83 bits per heavy atom. The Kier molecular flexibility index (Phi) is 5.85. The smallest absolute Gasteiger partial charge is 0.0285 e. The molecule has 18 heavy (non-hydrogen) atoms. The molecule has 0 aliphatic rings. The fraction of sp³-hybridized carbons (Fsp3) is 0.385. The Morgan fingerprint density at radius 1 is 1.33 bits per heavy atom. The molecule has 1 atom stereocenters. The van der Waals surface area contributed by atoms with Crippen LogP contribution >= 0.6 is 38.6 Å². The van der Waals surface area contributed by atoms with Crippen LogP contribution in [0, 0.1) is 0 Å². The minimum atomic E-state index is 0.371. The average Bonchev–Trinajstić information content (AvgIpc) is 3.00. The Morgan fingerprint density at radius 2 is 2.22 bits per heavy atom. The van der Waals surface area contributed by atoms with Crippen molar-refractivity contribution in [3.8, 4) is 0 Å². The summed E-state index contributed by atoms with van der Waals surface area (Å²) in [5, 5.41) is 4.26. The maximum atomic E-state index is 5.63. The molecule has 5 heteroatoms. The normalized spacial score (nSPS) is 12.8. The predicted molar refractivity (Wildman–Crippen MR) is 84.1 cm³/mol. The summed E-state index contributed by atoms with van der Waals surface area (Å²) in [7, 11) is 0. The fourth-order valence-corrected chi connectivity index (χ4v) is 4.21. The van der Waals surface area contributed by atoms with Crippen LogP contribution in [0.4, 0.5) is 0 Å². The van der Waals surface area contributed by atoms with Gasteiger partial charge in [0.25, 0.3) is 0 Å². The molecule has 0 amide bonds. The molecule has 0 aliphatic heterocycles. The number of rotatable bonds is 7. The molecule has 0 saturated heterocycles. The van der Waals surface area contributed by atoms with E-state index >= 15 is 0 Å². The number of halogens is 1. The van der Waals surface area contributed by atoms with Gasteiger partial charge in [-0.1, -0.05) is 6.07 Å². The monoisotopic (exact) mass is 344 g/mol. The van der Waals surface area contributed by atoms with Crippen LogP contribution in [0.3, 0.4) is 0 Å². The first-order chi connectivity index (χ1) is 8.78. The van der Waals surface area contributed by atoms with Gasteiger partial charge in [0, 0.05) is 25.6 Å². The van der Waals surface area contributed by atoms with Crippen molar-refractivity contribution in [2.24, 2.45) is 5.84 Å². The van der Waals surface area contributed by atoms with Gasteiger partial charge in [0.15, 0.2) is 0 Å². The highest BCUT2D eigenvalue weighted by atomic mass is 79.9. The van der Waals surface area contributed by atoms with Crippen molar-refractivity contribution in [3.63, 3.8) is 0 Å². The SMILES string of the molecule is NNC(CCCc1cccs1)Cc1cc(Br)cs1. The van der Waals surface area contributed by atoms with Gasteiger partial charge in [-0.05, 0) is 59.1 Å². The van der Waals surface area contributed by atoms with E-state index in [0.29, 0.717) is 6.04 Å². The van der Waals surface area contributed by atoms with Crippen molar-refractivity contribution < 1.29 is 0 Å². The van der Waals surface area contributed by atoms with Crippen molar-refractivity contribution >= 4 is 38.6 Å². The summed E-state index contributed by atoms with van der Waals surface area (Å²) in [6, 6.07) is 6.86. The molecular weight excluding hydrogens is 328 g/mol. The fourth-order valence-electron chi connectivity index (χ4n) is 1.93. The van der Waals surface area contributed by atoms with Gasteiger partial charge in [-0.3, -0.25) is 11.3 Å². The average molecular weight is 345 g/mol. The van der Waals surface area contributed by atoms with E-state index in [-0.39, 0.29) is 0 Å². The molecule has 2 heterocycles. The van der Waals surface area contributed by atoms with Gasteiger partial charge in [-0.2, -0.15) is 0 Å². The highest BCUT2D eigenvalue weighted by Gasteiger charge is 2.09. The minimum absolute atomic E-state index is 0.371. The molecule has 0 saturated carbocycles. The van der Waals surface area contributed by atoms with E-state index < -0.39 is 0 Å². The highest BCUT2D eigenvalue weighted by molar-refractivity contribution is 9.10. The van der Waals surface area contributed by atoms with Crippen LogP contribution in [-0.2, 0) is 12.8 Å². The Bertz CT molecular complexity index is 453. The minimum Gasteiger partial charge on any atom is -0.271 e. The highest BCUT2D eigenvalue weighted by Crippen LogP contribution is 2.22. The first-order valence-corrected chi connectivity index (χ1v) is 8.54. The molecule has 2 aromatic heterocycles. The zero-order valence-corrected chi connectivity index (χ0v) is 13.3. The molecule has 0 aromatic carbocycles. The molecule has 2 aromatic rings. The largest absolute Gasteiger partial charge is 0.271 e. The van der Waals surface area contributed by atoms with Crippen LogP contribution in [0.5, 0.6) is 0 Å². The standard InChI is InChI=1S/C13H17BrN2S2/c14-10-7-13(18-9-10)8-11(16-15)3-1-4-12-5-2-6-17-12/h2,5-7,9,11,16H,1,3-4,8,15H2. The lowest BCUT2D eigenvalue weighted by Gasteiger charge is -2.14. The maximum Gasteiger partial charge on any atom is 0.0285 e. The van der Waals surface area contributed by atoms with Gasteiger partial charge in [-0.15, -0.1) is 22.7 Å². The molecule has 1 unspecified atom stereocenters. The summed E-state index contributed by atoms with van der Waals surface area (Å²) in [6.45, 7) is 0. The summed E-state index contributed by atoms with van der Waals surface area (Å²) in [5.74, 6) is 5.63. The molecule has 0 bridgehead atoms. The van der Waals surface area contributed by atoms with Crippen LogP contribution in [0.2, 0.25) is 0 Å². The van der Waals surface area contributed by atoms with Gasteiger partial charge in [0.05, 0.1) is 0 Å². The lowest BCUT2D eigenvalue weighted by atomic mass is 10.1. The van der Waals surface area contributed by atoms with Crippen molar-refractivity contribution in [2.45, 2.75) is 31.7 Å². The van der Waals surface area contributed by atoms with E-state index in [2.05, 4.69) is 50.3 Å². The van der Waals surface area contributed by atoms with Crippen LogP contribution in [0.25, 0.3) is 0 Å². The van der Waals surface area contributed by atoms with Gasteiger partial charge >= 0.3 is 0 Å². The van der Waals surface area contributed by atoms with E-state index in [9.17, 15) is 0 Å². The molecule has 3 N–H and O–H groups in total. The lowest BCUT2D eigenvalue weighted by molar-refractivity contribution is 0.479. The second kappa shape index (κ2) is 7.40. The third-order valence-electron chi connectivity index (χ3n) is 2.86. The molecule has 2 rings (SSSR count). The van der Waals surface area contributed by atoms with E-state index in [1.54, 1.807) is 11.3 Å². The molecule has 2 nitrogen and oxygen atoms in total. The Balaban J connectivity index is 1.75. The summed E-state index contributed by atoms with van der Waals surface area (Å²) in [6.07, 6.45) is 4.47. The van der Waals surface area contributed by atoms with Crippen LogP contribution in [0.1, 0.15) is 22.6 Å². The zero-order chi connectivity index (χ0) is 12.8. The number of thiophene rings is 2. The molecule has 98 valence electrons. The number of hydrogen-bond acceptors (Lipinski definition) is 4. The summed E-state index contributed by atoms with van der Waals surface area (Å²) < 4.78 is 1.16. The maximum absolute atomic E-state index is 5.63. The number of hydrazine groups is 1. The number of nitrogens with one attached hydrogen (secondary N) is 1. The van der Waals surface area contributed by atoms with Gasteiger partial charge in [0.2, 0.25) is 0 Å². The number of hydrogen-bond donors (Lipinski definition) is 2. The van der Waals surface area contributed by atoms with Gasteiger partial charge in [0.1, 0.15) is 0 Å². The van der Waals surface area contributed by atoms with Gasteiger partial charge < -0.3 is 0 Å². The van der Waals surface area contributed by atoms with E-state index in [0.717, 1.165) is 23.7 Å². The van der Waals surface area contributed by atoms with Crippen molar-refractivity contribution in [1.29, 1.82) is 0 Å². The first-order valence-electron chi connectivity index (χ1n) is 5.99. The summed E-state index contributed by atoms with van der Waals surface area (Å²) >= 11 is 7.10. The van der Waals surface area contributed by atoms with E-state index in [4.69, 9.17) is 5.84 Å². The number of aryl methyl sites for hydroxylation is 1. The quantitative estimate of drug-likeness (QED) is 0.589. The summed E-state index contributed by atoms with van der Waals surface area (Å²) in [4.78, 5) is 2.84. The molecule has 0 fully saturated rings. The Labute approximate surface area is 124 Å². The third-order valence-corrected chi connectivity index (χ3v) is 5.52. The van der Waals surface area contributed by atoms with E-state index in [1.165, 1.54) is 16.2 Å². The summed E-state index contributed by atoms with van der Waals surface area (Å²) in [5.41, 5.74) is 2.93.